The molecule has 2 fully saturated rings. The predicted octanol–water partition coefficient (Wildman–Crippen LogP) is 2.27. The van der Waals surface area contributed by atoms with Crippen LogP contribution in [0.25, 0.3) is 0 Å². The standard InChI is InChI=1S/C17H26N2O3/c1-21-12-10-19-16(20)3-6-17(19)5-2-8-18(9-7-17)13-15-4-11-22-14-15/h4,11,14H,2-3,5-10,12-13H2,1H3. The second-order valence-corrected chi connectivity index (χ2v) is 6.52. The fraction of sp³-hybridized carbons (Fsp3) is 0.706. The smallest absolute Gasteiger partial charge is 0.223 e. The molecule has 1 atom stereocenters. The molecule has 1 amide bonds. The Morgan fingerprint density at radius 3 is 3.00 bits per heavy atom. The fourth-order valence-corrected chi connectivity index (χ4v) is 3.97. The number of carbonyl (C=O) groups excluding carboxylic acids is 1. The summed E-state index contributed by atoms with van der Waals surface area (Å²) in [5.74, 6) is 0.306. The Kier molecular flexibility index (Phi) is 4.84. The highest BCUT2D eigenvalue weighted by atomic mass is 16.5. The molecule has 2 aliphatic heterocycles. The van der Waals surface area contributed by atoms with Crippen molar-refractivity contribution in [3.05, 3.63) is 24.2 Å². The van der Waals surface area contributed by atoms with E-state index in [-0.39, 0.29) is 5.54 Å². The van der Waals surface area contributed by atoms with E-state index in [2.05, 4.69) is 9.80 Å². The summed E-state index contributed by atoms with van der Waals surface area (Å²) in [4.78, 5) is 16.8. The van der Waals surface area contributed by atoms with E-state index in [1.54, 1.807) is 13.4 Å². The van der Waals surface area contributed by atoms with Crippen molar-refractivity contribution in [2.75, 3.05) is 33.4 Å². The zero-order valence-corrected chi connectivity index (χ0v) is 13.4. The summed E-state index contributed by atoms with van der Waals surface area (Å²) in [5, 5.41) is 0. The van der Waals surface area contributed by atoms with E-state index in [1.807, 2.05) is 12.3 Å². The minimum absolute atomic E-state index is 0.0702. The summed E-state index contributed by atoms with van der Waals surface area (Å²) in [6, 6.07) is 2.03. The fourth-order valence-electron chi connectivity index (χ4n) is 3.97. The highest BCUT2D eigenvalue weighted by Gasteiger charge is 2.45. The molecule has 0 saturated carbocycles. The normalized spacial score (nSPS) is 26.8. The lowest BCUT2D eigenvalue weighted by Gasteiger charge is -2.38. The third-order valence-electron chi connectivity index (χ3n) is 5.19. The van der Waals surface area contributed by atoms with Gasteiger partial charge in [-0.15, -0.1) is 0 Å². The monoisotopic (exact) mass is 306 g/mol. The van der Waals surface area contributed by atoms with Gasteiger partial charge in [-0.2, -0.15) is 0 Å². The second-order valence-electron chi connectivity index (χ2n) is 6.52. The molecule has 122 valence electrons. The molecule has 2 saturated heterocycles. The van der Waals surface area contributed by atoms with Crippen LogP contribution in [0.2, 0.25) is 0 Å². The van der Waals surface area contributed by atoms with Crippen LogP contribution in [0.15, 0.2) is 23.0 Å². The van der Waals surface area contributed by atoms with Crippen molar-refractivity contribution in [1.29, 1.82) is 0 Å². The highest BCUT2D eigenvalue weighted by molar-refractivity contribution is 5.79. The van der Waals surface area contributed by atoms with Gasteiger partial charge in [0.1, 0.15) is 0 Å². The molecule has 5 nitrogen and oxygen atoms in total. The van der Waals surface area contributed by atoms with Crippen molar-refractivity contribution in [3.63, 3.8) is 0 Å². The molecule has 0 aromatic carbocycles. The molecule has 1 unspecified atom stereocenters. The molecule has 1 aromatic rings. The molecular weight excluding hydrogens is 280 g/mol. The van der Waals surface area contributed by atoms with Crippen LogP contribution in [0.3, 0.4) is 0 Å². The van der Waals surface area contributed by atoms with Crippen LogP contribution in [-0.4, -0.2) is 54.6 Å². The maximum Gasteiger partial charge on any atom is 0.223 e. The maximum atomic E-state index is 12.2. The Labute approximate surface area is 132 Å². The first-order chi connectivity index (χ1) is 10.7. The van der Waals surface area contributed by atoms with Crippen molar-refractivity contribution in [2.24, 2.45) is 0 Å². The molecule has 0 aliphatic carbocycles. The SMILES string of the molecule is COCCN1C(=O)CCC12CCCN(Cc1ccoc1)CC2. The lowest BCUT2D eigenvalue weighted by Crippen LogP contribution is -2.47. The third-order valence-corrected chi connectivity index (χ3v) is 5.19. The molecule has 0 N–H and O–H groups in total. The van der Waals surface area contributed by atoms with Gasteiger partial charge >= 0.3 is 0 Å². The summed E-state index contributed by atoms with van der Waals surface area (Å²) < 4.78 is 10.4. The van der Waals surface area contributed by atoms with Gasteiger partial charge in [0.15, 0.2) is 0 Å². The van der Waals surface area contributed by atoms with E-state index < -0.39 is 0 Å². The van der Waals surface area contributed by atoms with Gasteiger partial charge in [0.25, 0.3) is 0 Å². The van der Waals surface area contributed by atoms with Crippen LogP contribution in [0, 0.1) is 0 Å². The van der Waals surface area contributed by atoms with Gasteiger partial charge in [0.2, 0.25) is 5.91 Å². The minimum Gasteiger partial charge on any atom is -0.472 e. The molecule has 2 aliphatic rings. The van der Waals surface area contributed by atoms with E-state index in [1.165, 1.54) is 5.56 Å². The molecule has 5 heteroatoms. The number of hydrogen-bond donors (Lipinski definition) is 0. The predicted molar refractivity (Wildman–Crippen MR) is 83.4 cm³/mol. The summed E-state index contributed by atoms with van der Waals surface area (Å²) in [5.41, 5.74) is 1.30. The van der Waals surface area contributed by atoms with Crippen LogP contribution in [0.4, 0.5) is 0 Å². The molecule has 0 bridgehead atoms. The Bertz CT molecular complexity index is 488. The van der Waals surface area contributed by atoms with Crippen LogP contribution < -0.4 is 0 Å². The number of rotatable bonds is 5. The number of ether oxygens (including phenoxy) is 1. The van der Waals surface area contributed by atoms with Crippen LogP contribution in [-0.2, 0) is 16.1 Å². The molecule has 0 radical (unpaired) electrons. The number of amides is 1. The lowest BCUT2D eigenvalue weighted by molar-refractivity contribution is -0.132. The summed E-state index contributed by atoms with van der Waals surface area (Å²) in [7, 11) is 1.70. The number of likely N-dealkylation sites (tertiary alicyclic amines) is 2. The van der Waals surface area contributed by atoms with Crippen molar-refractivity contribution in [2.45, 2.75) is 44.2 Å². The largest absolute Gasteiger partial charge is 0.472 e. The van der Waals surface area contributed by atoms with E-state index in [0.717, 1.165) is 51.9 Å². The number of furan rings is 1. The summed E-state index contributed by atoms with van der Waals surface area (Å²) >= 11 is 0. The third kappa shape index (κ3) is 3.20. The molecule has 1 spiro atoms. The van der Waals surface area contributed by atoms with Crippen molar-refractivity contribution in [3.8, 4) is 0 Å². The van der Waals surface area contributed by atoms with E-state index in [0.29, 0.717) is 18.9 Å². The van der Waals surface area contributed by atoms with Crippen molar-refractivity contribution >= 4 is 5.91 Å². The zero-order valence-electron chi connectivity index (χ0n) is 13.4. The average molecular weight is 306 g/mol. The topological polar surface area (TPSA) is 45.9 Å². The Morgan fingerprint density at radius 1 is 1.32 bits per heavy atom. The summed E-state index contributed by atoms with van der Waals surface area (Å²) in [6.45, 7) is 4.45. The van der Waals surface area contributed by atoms with Gasteiger partial charge < -0.3 is 14.1 Å². The Morgan fingerprint density at radius 2 is 2.23 bits per heavy atom. The van der Waals surface area contributed by atoms with Gasteiger partial charge in [-0.25, -0.2) is 0 Å². The average Bonchev–Trinajstić information content (AvgIpc) is 3.06. The number of carbonyl (C=O) groups is 1. The second kappa shape index (κ2) is 6.84. The highest BCUT2D eigenvalue weighted by Crippen LogP contribution is 2.39. The van der Waals surface area contributed by atoms with Crippen molar-refractivity contribution in [1.82, 2.24) is 9.80 Å². The number of hydrogen-bond acceptors (Lipinski definition) is 4. The van der Waals surface area contributed by atoms with E-state index in [9.17, 15) is 4.79 Å². The van der Waals surface area contributed by atoms with Gasteiger partial charge in [0, 0.05) is 44.3 Å². The minimum atomic E-state index is 0.0702. The van der Waals surface area contributed by atoms with Crippen LogP contribution in [0.5, 0.6) is 0 Å². The first kappa shape index (κ1) is 15.6. The van der Waals surface area contributed by atoms with Crippen LogP contribution in [0.1, 0.15) is 37.7 Å². The molecular formula is C17H26N2O3. The molecule has 1 aromatic heterocycles. The quantitative estimate of drug-likeness (QED) is 0.837. The zero-order chi connectivity index (χ0) is 15.4. The van der Waals surface area contributed by atoms with Gasteiger partial charge in [-0.1, -0.05) is 0 Å². The molecule has 3 heterocycles. The van der Waals surface area contributed by atoms with Crippen LogP contribution >= 0.6 is 0 Å². The molecule has 3 rings (SSSR count). The maximum absolute atomic E-state index is 12.2. The Hall–Kier alpha value is -1.33. The van der Waals surface area contributed by atoms with Crippen molar-refractivity contribution < 1.29 is 13.9 Å². The molecule has 22 heavy (non-hydrogen) atoms. The first-order valence-corrected chi connectivity index (χ1v) is 8.26. The van der Waals surface area contributed by atoms with Gasteiger partial charge in [-0.05, 0) is 38.3 Å². The van der Waals surface area contributed by atoms with Gasteiger partial charge in [0.05, 0.1) is 19.1 Å². The number of nitrogens with zero attached hydrogens (tertiary/aromatic N) is 2. The number of methoxy groups -OCH3 is 1. The lowest BCUT2D eigenvalue weighted by atomic mass is 9.88. The Balaban J connectivity index is 1.64. The van der Waals surface area contributed by atoms with E-state index in [4.69, 9.17) is 9.15 Å². The van der Waals surface area contributed by atoms with Gasteiger partial charge in [-0.3, -0.25) is 9.69 Å². The summed E-state index contributed by atoms with van der Waals surface area (Å²) in [6.07, 6.45) is 8.60. The first-order valence-electron chi connectivity index (χ1n) is 8.26. The van der Waals surface area contributed by atoms with E-state index >= 15 is 0 Å².